The van der Waals surface area contributed by atoms with E-state index < -0.39 is 17.8 Å². The zero-order valence-electron chi connectivity index (χ0n) is 10.8. The largest absolute Gasteiger partial charge is 0.416 e. The van der Waals surface area contributed by atoms with E-state index in [9.17, 15) is 13.2 Å². The van der Waals surface area contributed by atoms with Crippen LogP contribution in [0.25, 0.3) is 0 Å². The normalized spacial score (nSPS) is 13.3. The quantitative estimate of drug-likeness (QED) is 0.810. The maximum Gasteiger partial charge on any atom is 0.416 e. The molecule has 1 nitrogen and oxygen atoms in total. The van der Waals surface area contributed by atoms with Crippen molar-refractivity contribution >= 4 is 24.0 Å². The summed E-state index contributed by atoms with van der Waals surface area (Å²) in [4.78, 5) is 0. The lowest BCUT2D eigenvalue weighted by Gasteiger charge is -2.17. The molecule has 0 heterocycles. The minimum Gasteiger partial charge on any atom is -0.324 e. The molecule has 0 aliphatic rings. The van der Waals surface area contributed by atoms with Gasteiger partial charge in [0, 0.05) is 11.1 Å². The molecule has 0 aliphatic carbocycles. The maximum atomic E-state index is 12.6. The van der Waals surface area contributed by atoms with Crippen LogP contribution in [0.5, 0.6) is 0 Å². The molecule has 0 fully saturated rings. The summed E-state index contributed by atoms with van der Waals surface area (Å²) in [7, 11) is 0. The highest BCUT2D eigenvalue weighted by Gasteiger charge is 2.31. The van der Waals surface area contributed by atoms with Crippen molar-refractivity contribution in [3.63, 3.8) is 0 Å². The Balaban J connectivity index is 0.00000324. The standard InChI is InChI=1S/C13H17ClF3N.ClH/c1-8(2)3-6-12(18)10-7-9(13(15,16)17)4-5-11(10)14;/h4-5,7-8,12H,3,6,18H2,1-2H3;1H/t12-;/m0./s1. The Morgan fingerprint density at radius 3 is 2.26 bits per heavy atom. The summed E-state index contributed by atoms with van der Waals surface area (Å²) < 4.78 is 37.8. The topological polar surface area (TPSA) is 26.0 Å². The predicted molar refractivity (Wildman–Crippen MR) is 74.7 cm³/mol. The van der Waals surface area contributed by atoms with Gasteiger partial charge in [-0.15, -0.1) is 12.4 Å². The summed E-state index contributed by atoms with van der Waals surface area (Å²) in [5.74, 6) is 0.459. The van der Waals surface area contributed by atoms with Crippen LogP contribution in [0.3, 0.4) is 0 Å². The van der Waals surface area contributed by atoms with Gasteiger partial charge in [-0.2, -0.15) is 13.2 Å². The minimum atomic E-state index is -4.36. The SMILES string of the molecule is CC(C)CC[C@H](N)c1cc(C(F)(F)F)ccc1Cl.Cl. The van der Waals surface area contributed by atoms with Crippen molar-refractivity contribution in [1.29, 1.82) is 0 Å². The summed E-state index contributed by atoms with van der Waals surface area (Å²) in [5.41, 5.74) is 5.57. The summed E-state index contributed by atoms with van der Waals surface area (Å²) in [6.45, 7) is 4.08. The van der Waals surface area contributed by atoms with Crippen LogP contribution >= 0.6 is 24.0 Å². The average molecular weight is 316 g/mol. The number of alkyl halides is 3. The second-order valence-corrected chi connectivity index (χ2v) is 5.22. The third kappa shape index (κ3) is 5.59. The summed E-state index contributed by atoms with van der Waals surface area (Å²) in [6, 6.07) is 2.82. The van der Waals surface area contributed by atoms with Crippen molar-refractivity contribution < 1.29 is 13.2 Å². The van der Waals surface area contributed by atoms with Crippen LogP contribution in [-0.4, -0.2) is 0 Å². The molecule has 0 unspecified atom stereocenters. The van der Waals surface area contributed by atoms with E-state index in [-0.39, 0.29) is 12.4 Å². The number of rotatable bonds is 4. The second-order valence-electron chi connectivity index (χ2n) is 4.81. The first-order valence-corrected chi connectivity index (χ1v) is 6.22. The smallest absolute Gasteiger partial charge is 0.324 e. The van der Waals surface area contributed by atoms with Crippen LogP contribution in [-0.2, 0) is 6.18 Å². The van der Waals surface area contributed by atoms with E-state index in [0.717, 1.165) is 18.6 Å². The lowest BCUT2D eigenvalue weighted by Crippen LogP contribution is -2.14. The first-order valence-electron chi connectivity index (χ1n) is 5.84. The number of hydrogen-bond acceptors (Lipinski definition) is 1. The van der Waals surface area contributed by atoms with Crippen LogP contribution < -0.4 is 5.73 Å². The second kappa shape index (κ2) is 7.36. The Hall–Kier alpha value is -0.450. The lowest BCUT2D eigenvalue weighted by atomic mass is 9.97. The van der Waals surface area contributed by atoms with Gasteiger partial charge in [0.2, 0.25) is 0 Å². The van der Waals surface area contributed by atoms with Crippen LogP contribution in [0.15, 0.2) is 18.2 Å². The van der Waals surface area contributed by atoms with Crippen LogP contribution in [0.2, 0.25) is 5.02 Å². The molecule has 0 spiro atoms. The molecule has 2 N–H and O–H groups in total. The molecular weight excluding hydrogens is 298 g/mol. The molecule has 1 rings (SSSR count). The van der Waals surface area contributed by atoms with E-state index >= 15 is 0 Å². The van der Waals surface area contributed by atoms with E-state index in [4.69, 9.17) is 17.3 Å². The molecular formula is C13H18Cl2F3N. The number of halogens is 5. The highest BCUT2D eigenvalue weighted by molar-refractivity contribution is 6.31. The molecule has 0 aromatic heterocycles. The third-order valence-electron chi connectivity index (χ3n) is 2.78. The van der Waals surface area contributed by atoms with Crippen molar-refractivity contribution in [2.75, 3.05) is 0 Å². The lowest BCUT2D eigenvalue weighted by molar-refractivity contribution is -0.137. The molecule has 1 aromatic carbocycles. The minimum absolute atomic E-state index is 0. The van der Waals surface area contributed by atoms with Gasteiger partial charge in [0.1, 0.15) is 0 Å². The Labute approximate surface area is 122 Å². The van der Waals surface area contributed by atoms with Crippen molar-refractivity contribution in [1.82, 2.24) is 0 Å². The van der Waals surface area contributed by atoms with Crippen LogP contribution in [0.4, 0.5) is 13.2 Å². The van der Waals surface area contributed by atoms with Crippen molar-refractivity contribution in [2.45, 2.75) is 38.9 Å². The molecule has 0 saturated heterocycles. The molecule has 110 valence electrons. The molecule has 0 bridgehead atoms. The predicted octanol–water partition coefficient (Wildman–Crippen LogP) is 5.22. The van der Waals surface area contributed by atoms with Gasteiger partial charge in [-0.25, -0.2) is 0 Å². The van der Waals surface area contributed by atoms with Gasteiger partial charge in [0.25, 0.3) is 0 Å². The van der Waals surface area contributed by atoms with E-state index in [1.807, 2.05) is 13.8 Å². The van der Waals surface area contributed by atoms with Crippen LogP contribution in [0.1, 0.15) is 43.9 Å². The molecule has 0 aliphatic heterocycles. The zero-order valence-corrected chi connectivity index (χ0v) is 12.4. The molecule has 0 radical (unpaired) electrons. The van der Waals surface area contributed by atoms with E-state index in [1.165, 1.54) is 6.07 Å². The van der Waals surface area contributed by atoms with Gasteiger partial charge in [-0.3, -0.25) is 0 Å². The highest BCUT2D eigenvalue weighted by Crippen LogP contribution is 2.34. The van der Waals surface area contributed by atoms with Gasteiger partial charge in [0.05, 0.1) is 5.56 Å². The summed E-state index contributed by atoms with van der Waals surface area (Å²) in [5, 5.41) is 0.291. The molecule has 1 atom stereocenters. The fourth-order valence-corrected chi connectivity index (χ4v) is 1.93. The fraction of sp³-hybridized carbons (Fsp3) is 0.538. The zero-order chi connectivity index (χ0) is 13.9. The average Bonchev–Trinajstić information content (AvgIpc) is 2.24. The first-order chi connectivity index (χ1) is 8.21. The van der Waals surface area contributed by atoms with E-state index in [0.29, 0.717) is 22.9 Å². The Morgan fingerprint density at radius 2 is 1.79 bits per heavy atom. The fourth-order valence-electron chi connectivity index (χ4n) is 1.67. The number of hydrogen-bond donors (Lipinski definition) is 1. The Bertz CT molecular complexity index is 405. The number of benzene rings is 1. The van der Waals surface area contributed by atoms with Crippen molar-refractivity contribution in [3.8, 4) is 0 Å². The highest BCUT2D eigenvalue weighted by atomic mass is 35.5. The van der Waals surface area contributed by atoms with E-state index in [1.54, 1.807) is 0 Å². The Morgan fingerprint density at radius 1 is 1.21 bits per heavy atom. The maximum absolute atomic E-state index is 12.6. The molecule has 0 saturated carbocycles. The molecule has 19 heavy (non-hydrogen) atoms. The van der Waals surface area contributed by atoms with Gasteiger partial charge in [-0.1, -0.05) is 25.4 Å². The van der Waals surface area contributed by atoms with Gasteiger partial charge in [-0.05, 0) is 42.5 Å². The molecule has 0 amide bonds. The van der Waals surface area contributed by atoms with E-state index in [2.05, 4.69) is 0 Å². The first kappa shape index (κ1) is 18.6. The van der Waals surface area contributed by atoms with Crippen LogP contribution in [0, 0.1) is 5.92 Å². The van der Waals surface area contributed by atoms with Crippen molar-refractivity contribution in [2.24, 2.45) is 11.7 Å². The molecule has 6 heteroatoms. The van der Waals surface area contributed by atoms with Gasteiger partial charge < -0.3 is 5.73 Å². The van der Waals surface area contributed by atoms with Crippen molar-refractivity contribution in [3.05, 3.63) is 34.3 Å². The molecule has 1 aromatic rings. The van der Waals surface area contributed by atoms with Gasteiger partial charge in [0.15, 0.2) is 0 Å². The summed E-state index contributed by atoms with van der Waals surface area (Å²) in [6.07, 6.45) is -2.89. The van der Waals surface area contributed by atoms with Gasteiger partial charge >= 0.3 is 6.18 Å². The summed E-state index contributed by atoms with van der Waals surface area (Å²) >= 11 is 5.91. The monoisotopic (exact) mass is 315 g/mol. The Kier molecular flexibility index (Phi) is 7.19. The number of nitrogens with two attached hydrogens (primary N) is 1. The third-order valence-corrected chi connectivity index (χ3v) is 3.12.